The molecule has 1 aromatic rings. The van der Waals surface area contributed by atoms with E-state index in [1.807, 2.05) is 6.92 Å². The topological polar surface area (TPSA) is 102 Å². The highest BCUT2D eigenvalue weighted by Gasteiger charge is 2.48. The van der Waals surface area contributed by atoms with Crippen LogP contribution in [-0.2, 0) is 23.8 Å². The maximum atomic E-state index is 13.4. The van der Waals surface area contributed by atoms with E-state index in [4.69, 9.17) is 8.92 Å². The van der Waals surface area contributed by atoms with E-state index in [-0.39, 0.29) is 30.5 Å². The summed E-state index contributed by atoms with van der Waals surface area (Å²) in [4.78, 5) is 25.4. The molecule has 0 bridgehead atoms. The Balaban J connectivity index is 1.86. The standard InChI is InChI=1S/C22H31F3N2O6S/c1-15-5-7-17(8-6-15)34(30,31)32-14-11-16-9-12-27(13-10-16)19(28)18(22(23,24)25)26-20(29)33-21(2,3)4/h5-8,16,18H,9-14H2,1-4H3,(H,26,29). The summed E-state index contributed by atoms with van der Waals surface area (Å²) in [6.07, 6.45) is -5.16. The lowest BCUT2D eigenvalue weighted by atomic mass is 9.93. The Morgan fingerprint density at radius 3 is 2.18 bits per heavy atom. The molecule has 1 atom stereocenters. The van der Waals surface area contributed by atoms with Crippen molar-refractivity contribution in [1.29, 1.82) is 0 Å². The van der Waals surface area contributed by atoms with Crippen LogP contribution in [0.15, 0.2) is 29.2 Å². The van der Waals surface area contributed by atoms with E-state index in [9.17, 15) is 31.2 Å². The Labute approximate surface area is 197 Å². The number of alkyl carbamates (subject to hydrolysis) is 1. The molecule has 1 aliphatic heterocycles. The molecule has 1 fully saturated rings. The highest BCUT2D eigenvalue weighted by molar-refractivity contribution is 7.86. The van der Waals surface area contributed by atoms with Gasteiger partial charge in [0, 0.05) is 13.1 Å². The van der Waals surface area contributed by atoms with Crippen molar-refractivity contribution in [3.63, 3.8) is 0 Å². The van der Waals surface area contributed by atoms with Crippen molar-refractivity contribution in [2.45, 2.75) is 69.7 Å². The highest BCUT2D eigenvalue weighted by Crippen LogP contribution is 2.26. The second-order valence-corrected chi connectivity index (χ2v) is 10.9. The zero-order valence-corrected chi connectivity index (χ0v) is 20.5. The summed E-state index contributed by atoms with van der Waals surface area (Å²) < 4.78 is 74.7. The molecule has 1 saturated heterocycles. The van der Waals surface area contributed by atoms with Gasteiger partial charge < -0.3 is 15.0 Å². The summed E-state index contributed by atoms with van der Waals surface area (Å²) in [6, 6.07) is 3.53. The fraction of sp³-hybridized carbons (Fsp3) is 0.636. The molecule has 0 spiro atoms. The lowest BCUT2D eigenvalue weighted by molar-refractivity contribution is -0.175. The van der Waals surface area contributed by atoms with Gasteiger partial charge in [0.1, 0.15) is 5.60 Å². The largest absolute Gasteiger partial charge is 0.444 e. The van der Waals surface area contributed by atoms with Crippen molar-refractivity contribution in [3.05, 3.63) is 29.8 Å². The van der Waals surface area contributed by atoms with Gasteiger partial charge in [-0.2, -0.15) is 21.6 Å². The minimum Gasteiger partial charge on any atom is -0.444 e. The first kappa shape index (κ1) is 27.9. The van der Waals surface area contributed by atoms with Crippen LogP contribution in [0.4, 0.5) is 18.0 Å². The zero-order valence-electron chi connectivity index (χ0n) is 19.6. The van der Waals surface area contributed by atoms with Crippen molar-refractivity contribution < 1.29 is 40.1 Å². The fourth-order valence-electron chi connectivity index (χ4n) is 3.43. The molecule has 2 amide bonds. The van der Waals surface area contributed by atoms with Crippen LogP contribution in [0, 0.1) is 12.8 Å². The molecular formula is C22H31F3N2O6S. The molecule has 1 aromatic carbocycles. The number of hydrogen-bond acceptors (Lipinski definition) is 6. The van der Waals surface area contributed by atoms with Crippen LogP contribution >= 0.6 is 0 Å². The summed E-state index contributed by atoms with van der Waals surface area (Å²) in [7, 11) is -3.90. The normalized spacial score (nSPS) is 16.7. The van der Waals surface area contributed by atoms with Gasteiger partial charge in [-0.1, -0.05) is 17.7 Å². The van der Waals surface area contributed by atoms with Crippen LogP contribution in [0.1, 0.15) is 45.6 Å². The molecule has 0 aromatic heterocycles. The number of rotatable bonds is 7. The first-order chi connectivity index (χ1) is 15.6. The van der Waals surface area contributed by atoms with Crippen molar-refractivity contribution in [1.82, 2.24) is 10.2 Å². The van der Waals surface area contributed by atoms with E-state index < -0.39 is 39.9 Å². The molecule has 2 rings (SSSR count). The molecule has 1 N–H and O–H groups in total. The molecular weight excluding hydrogens is 477 g/mol. The van der Waals surface area contributed by atoms with Gasteiger partial charge in [-0.05, 0) is 65.0 Å². The van der Waals surface area contributed by atoms with Gasteiger partial charge in [0.15, 0.2) is 0 Å². The van der Waals surface area contributed by atoms with E-state index in [0.717, 1.165) is 10.5 Å². The summed E-state index contributed by atoms with van der Waals surface area (Å²) in [6.45, 7) is 6.36. The number of carbonyl (C=O) groups is 2. The second-order valence-electron chi connectivity index (χ2n) is 9.27. The van der Waals surface area contributed by atoms with Crippen molar-refractivity contribution in [2.75, 3.05) is 19.7 Å². The first-order valence-corrected chi connectivity index (χ1v) is 12.3. The smallest absolute Gasteiger partial charge is 0.417 e. The first-order valence-electron chi connectivity index (χ1n) is 10.9. The summed E-state index contributed by atoms with van der Waals surface area (Å²) in [5, 5.41) is 1.63. The third-order valence-corrected chi connectivity index (χ3v) is 6.56. The SMILES string of the molecule is Cc1ccc(S(=O)(=O)OCCC2CCN(C(=O)C(NC(=O)OC(C)(C)C)C(F)(F)F)CC2)cc1. The van der Waals surface area contributed by atoms with Gasteiger partial charge in [0.05, 0.1) is 11.5 Å². The lowest BCUT2D eigenvalue weighted by Gasteiger charge is -2.35. The number of nitrogens with zero attached hydrogens (tertiary/aromatic N) is 1. The highest BCUT2D eigenvalue weighted by atomic mass is 32.2. The quantitative estimate of drug-likeness (QED) is 0.563. The van der Waals surface area contributed by atoms with E-state index in [1.165, 1.54) is 32.9 Å². The Bertz CT molecular complexity index is 950. The molecule has 1 unspecified atom stereocenters. The molecule has 8 nitrogen and oxygen atoms in total. The predicted molar refractivity (Wildman–Crippen MR) is 117 cm³/mol. The van der Waals surface area contributed by atoms with Crippen LogP contribution in [0.25, 0.3) is 0 Å². The van der Waals surface area contributed by atoms with Crippen LogP contribution in [-0.4, -0.2) is 62.8 Å². The third kappa shape index (κ3) is 8.46. The van der Waals surface area contributed by atoms with Gasteiger partial charge >= 0.3 is 12.3 Å². The maximum Gasteiger partial charge on any atom is 0.417 e. The minimum absolute atomic E-state index is 0.0135. The minimum atomic E-state index is -4.98. The Morgan fingerprint density at radius 2 is 1.68 bits per heavy atom. The van der Waals surface area contributed by atoms with E-state index in [0.29, 0.717) is 19.3 Å². The number of carbonyl (C=O) groups excluding carboxylic acids is 2. The van der Waals surface area contributed by atoms with Crippen LogP contribution < -0.4 is 5.32 Å². The molecule has 0 radical (unpaired) electrons. The number of benzene rings is 1. The van der Waals surface area contributed by atoms with Gasteiger partial charge in [-0.15, -0.1) is 0 Å². The van der Waals surface area contributed by atoms with Crippen molar-refractivity contribution in [3.8, 4) is 0 Å². The molecule has 0 saturated carbocycles. The lowest BCUT2D eigenvalue weighted by Crippen LogP contribution is -2.57. The fourth-order valence-corrected chi connectivity index (χ4v) is 4.35. The molecule has 192 valence electrons. The molecule has 0 aliphatic carbocycles. The van der Waals surface area contributed by atoms with Crippen molar-refractivity contribution >= 4 is 22.1 Å². The number of piperidine rings is 1. The van der Waals surface area contributed by atoms with Gasteiger partial charge in [0.2, 0.25) is 6.04 Å². The summed E-state index contributed by atoms with van der Waals surface area (Å²) in [5.74, 6) is -1.27. The number of halogens is 3. The number of likely N-dealkylation sites (tertiary alicyclic amines) is 1. The van der Waals surface area contributed by atoms with E-state index in [1.54, 1.807) is 17.4 Å². The Hall–Kier alpha value is -2.34. The second kappa shape index (κ2) is 10.9. The molecule has 34 heavy (non-hydrogen) atoms. The van der Waals surface area contributed by atoms with E-state index in [2.05, 4.69) is 0 Å². The molecule has 1 heterocycles. The predicted octanol–water partition coefficient (Wildman–Crippen LogP) is 3.78. The molecule has 1 aliphatic rings. The Morgan fingerprint density at radius 1 is 1.12 bits per heavy atom. The average molecular weight is 509 g/mol. The number of ether oxygens (including phenoxy) is 1. The van der Waals surface area contributed by atoms with Crippen molar-refractivity contribution in [2.24, 2.45) is 5.92 Å². The summed E-state index contributed by atoms with van der Waals surface area (Å²) >= 11 is 0. The number of aryl methyl sites for hydroxylation is 1. The summed E-state index contributed by atoms with van der Waals surface area (Å²) in [5.41, 5.74) is -0.106. The zero-order chi connectivity index (χ0) is 25.7. The van der Waals surface area contributed by atoms with Gasteiger partial charge in [0.25, 0.3) is 16.0 Å². The number of nitrogens with one attached hydrogen (secondary N) is 1. The number of hydrogen-bond donors (Lipinski definition) is 1. The average Bonchev–Trinajstić information content (AvgIpc) is 2.70. The maximum absolute atomic E-state index is 13.4. The monoisotopic (exact) mass is 508 g/mol. The number of alkyl halides is 3. The number of amides is 2. The third-order valence-electron chi connectivity index (χ3n) is 5.24. The molecule has 12 heteroatoms. The van der Waals surface area contributed by atoms with E-state index >= 15 is 0 Å². The van der Waals surface area contributed by atoms with Crippen LogP contribution in [0.5, 0.6) is 0 Å². The van der Waals surface area contributed by atoms with Crippen LogP contribution in [0.2, 0.25) is 0 Å². The van der Waals surface area contributed by atoms with Gasteiger partial charge in [-0.3, -0.25) is 8.98 Å². The van der Waals surface area contributed by atoms with Crippen LogP contribution in [0.3, 0.4) is 0 Å². The Kier molecular flexibility index (Phi) is 8.98. The van der Waals surface area contributed by atoms with Gasteiger partial charge in [-0.25, -0.2) is 4.79 Å².